The number of rotatable bonds is 6. The van der Waals surface area contributed by atoms with Gasteiger partial charge < -0.3 is 19.7 Å². The van der Waals surface area contributed by atoms with E-state index >= 15 is 0 Å². The number of nitrogens with zero attached hydrogens (tertiary/aromatic N) is 1. The first kappa shape index (κ1) is 19.7. The molecule has 2 aromatic carbocycles. The second-order valence-corrected chi connectivity index (χ2v) is 6.71. The molecule has 28 heavy (non-hydrogen) atoms. The number of carbonyl (C=O) groups is 2. The van der Waals surface area contributed by atoms with Crippen LogP contribution in [0.1, 0.15) is 19.8 Å². The summed E-state index contributed by atoms with van der Waals surface area (Å²) in [5.74, 6) is 0.508. The Hall–Kier alpha value is -3.02. The summed E-state index contributed by atoms with van der Waals surface area (Å²) < 4.78 is 10.6. The number of hydrogen-bond acceptors (Lipinski definition) is 4. The molecule has 1 aliphatic heterocycles. The summed E-state index contributed by atoms with van der Waals surface area (Å²) >= 11 is 0. The molecule has 0 bridgehead atoms. The van der Waals surface area contributed by atoms with Crippen molar-refractivity contribution in [1.29, 1.82) is 0 Å². The van der Waals surface area contributed by atoms with Gasteiger partial charge in [0.15, 0.2) is 6.61 Å². The standard InChI is InChI=1S/C22H26N2O4/c1-2-27-22(26)24-14-12-19(13-15-24)23-21(25)16-28-20-10-8-18(9-11-20)17-6-4-3-5-7-17/h3-11,19H,2,12-16H2,1H3,(H,23,25). The lowest BCUT2D eigenvalue weighted by Crippen LogP contribution is -2.47. The minimum Gasteiger partial charge on any atom is -0.484 e. The van der Waals surface area contributed by atoms with Gasteiger partial charge in [0, 0.05) is 19.1 Å². The van der Waals surface area contributed by atoms with Gasteiger partial charge in [-0.2, -0.15) is 0 Å². The number of amides is 2. The van der Waals surface area contributed by atoms with Gasteiger partial charge in [0.25, 0.3) is 5.91 Å². The van der Waals surface area contributed by atoms with Crippen LogP contribution in [-0.2, 0) is 9.53 Å². The van der Waals surface area contributed by atoms with Crippen molar-refractivity contribution in [2.45, 2.75) is 25.8 Å². The maximum Gasteiger partial charge on any atom is 0.409 e. The lowest BCUT2D eigenvalue weighted by molar-refractivity contribution is -0.124. The smallest absolute Gasteiger partial charge is 0.409 e. The Morgan fingerprint density at radius 3 is 2.29 bits per heavy atom. The molecule has 0 radical (unpaired) electrons. The quantitative estimate of drug-likeness (QED) is 0.831. The SMILES string of the molecule is CCOC(=O)N1CCC(NC(=O)COc2ccc(-c3ccccc3)cc2)CC1. The number of ether oxygens (including phenoxy) is 2. The van der Waals surface area contributed by atoms with Crippen molar-refractivity contribution in [2.75, 3.05) is 26.3 Å². The van der Waals surface area contributed by atoms with Crippen molar-refractivity contribution in [2.24, 2.45) is 0 Å². The summed E-state index contributed by atoms with van der Waals surface area (Å²) in [5.41, 5.74) is 2.24. The van der Waals surface area contributed by atoms with Crippen molar-refractivity contribution in [3.05, 3.63) is 54.6 Å². The van der Waals surface area contributed by atoms with E-state index in [0.29, 0.717) is 25.4 Å². The fourth-order valence-electron chi connectivity index (χ4n) is 3.21. The third-order valence-electron chi connectivity index (χ3n) is 4.72. The van der Waals surface area contributed by atoms with Crippen LogP contribution in [0.3, 0.4) is 0 Å². The molecule has 1 N–H and O–H groups in total. The van der Waals surface area contributed by atoms with Crippen LogP contribution in [0.4, 0.5) is 4.79 Å². The molecular weight excluding hydrogens is 356 g/mol. The third-order valence-corrected chi connectivity index (χ3v) is 4.72. The normalized spacial score (nSPS) is 14.4. The van der Waals surface area contributed by atoms with Gasteiger partial charge in [0.1, 0.15) is 5.75 Å². The number of nitrogens with one attached hydrogen (secondary N) is 1. The predicted octanol–water partition coefficient (Wildman–Crippen LogP) is 3.47. The van der Waals surface area contributed by atoms with E-state index in [1.807, 2.05) is 42.5 Å². The second kappa shape index (κ2) is 9.78. The van der Waals surface area contributed by atoms with E-state index in [2.05, 4.69) is 17.4 Å². The fraction of sp³-hybridized carbons (Fsp3) is 0.364. The van der Waals surface area contributed by atoms with Crippen LogP contribution in [0.5, 0.6) is 5.75 Å². The molecule has 6 heteroatoms. The Kier molecular flexibility index (Phi) is 6.89. The summed E-state index contributed by atoms with van der Waals surface area (Å²) in [5, 5.41) is 2.98. The summed E-state index contributed by atoms with van der Waals surface area (Å²) in [6.45, 7) is 3.32. The minimum absolute atomic E-state index is 0.0250. The van der Waals surface area contributed by atoms with Gasteiger partial charge in [-0.25, -0.2) is 4.79 Å². The zero-order valence-corrected chi connectivity index (χ0v) is 16.1. The highest BCUT2D eigenvalue weighted by molar-refractivity contribution is 5.78. The van der Waals surface area contributed by atoms with Crippen LogP contribution >= 0.6 is 0 Å². The topological polar surface area (TPSA) is 67.9 Å². The maximum atomic E-state index is 12.1. The molecule has 0 saturated carbocycles. The summed E-state index contributed by atoms with van der Waals surface area (Å²) in [6, 6.07) is 17.8. The van der Waals surface area contributed by atoms with Crippen LogP contribution in [0.2, 0.25) is 0 Å². The monoisotopic (exact) mass is 382 g/mol. The Morgan fingerprint density at radius 1 is 1.00 bits per heavy atom. The van der Waals surface area contributed by atoms with Crippen LogP contribution in [0.25, 0.3) is 11.1 Å². The molecular formula is C22H26N2O4. The number of hydrogen-bond donors (Lipinski definition) is 1. The molecule has 1 heterocycles. The molecule has 1 saturated heterocycles. The molecule has 0 aliphatic carbocycles. The van der Waals surface area contributed by atoms with E-state index in [4.69, 9.17) is 9.47 Å². The average molecular weight is 382 g/mol. The molecule has 6 nitrogen and oxygen atoms in total. The van der Waals surface area contributed by atoms with Crippen molar-refractivity contribution in [3.63, 3.8) is 0 Å². The summed E-state index contributed by atoms with van der Waals surface area (Å²) in [4.78, 5) is 25.5. The molecule has 3 rings (SSSR count). The molecule has 0 aromatic heterocycles. The van der Waals surface area contributed by atoms with Gasteiger partial charge in [-0.05, 0) is 43.0 Å². The van der Waals surface area contributed by atoms with Crippen LogP contribution in [0, 0.1) is 0 Å². The van der Waals surface area contributed by atoms with Crippen molar-refractivity contribution in [1.82, 2.24) is 10.2 Å². The van der Waals surface area contributed by atoms with Crippen molar-refractivity contribution < 1.29 is 19.1 Å². The Labute approximate surface area is 165 Å². The van der Waals surface area contributed by atoms with E-state index in [0.717, 1.165) is 24.0 Å². The minimum atomic E-state index is -0.283. The highest BCUT2D eigenvalue weighted by atomic mass is 16.6. The Bertz CT molecular complexity index is 769. The van der Waals surface area contributed by atoms with E-state index in [-0.39, 0.29) is 24.6 Å². The zero-order valence-electron chi connectivity index (χ0n) is 16.1. The molecule has 0 unspecified atom stereocenters. The Balaban J connectivity index is 1.41. The van der Waals surface area contributed by atoms with Gasteiger partial charge in [0.2, 0.25) is 0 Å². The lowest BCUT2D eigenvalue weighted by atomic mass is 10.1. The summed E-state index contributed by atoms with van der Waals surface area (Å²) in [7, 11) is 0. The lowest BCUT2D eigenvalue weighted by Gasteiger charge is -2.31. The van der Waals surface area contributed by atoms with Crippen molar-refractivity contribution in [3.8, 4) is 16.9 Å². The molecule has 148 valence electrons. The molecule has 1 aliphatic rings. The van der Waals surface area contributed by atoms with E-state index < -0.39 is 0 Å². The average Bonchev–Trinajstić information content (AvgIpc) is 2.74. The first-order valence-electron chi connectivity index (χ1n) is 9.65. The highest BCUT2D eigenvalue weighted by Gasteiger charge is 2.24. The van der Waals surface area contributed by atoms with Gasteiger partial charge in [-0.15, -0.1) is 0 Å². The van der Waals surface area contributed by atoms with E-state index in [9.17, 15) is 9.59 Å². The van der Waals surface area contributed by atoms with Gasteiger partial charge in [0.05, 0.1) is 6.61 Å². The number of benzene rings is 2. The van der Waals surface area contributed by atoms with E-state index in [1.54, 1.807) is 11.8 Å². The second-order valence-electron chi connectivity index (χ2n) is 6.71. The van der Waals surface area contributed by atoms with E-state index in [1.165, 1.54) is 0 Å². The van der Waals surface area contributed by atoms with Crippen LogP contribution in [0.15, 0.2) is 54.6 Å². The fourth-order valence-corrected chi connectivity index (χ4v) is 3.21. The zero-order chi connectivity index (χ0) is 19.8. The first-order chi connectivity index (χ1) is 13.7. The van der Waals surface area contributed by atoms with Gasteiger partial charge in [-0.3, -0.25) is 4.79 Å². The highest BCUT2D eigenvalue weighted by Crippen LogP contribution is 2.22. The molecule has 0 atom stereocenters. The number of likely N-dealkylation sites (tertiary alicyclic amines) is 1. The first-order valence-corrected chi connectivity index (χ1v) is 9.65. The largest absolute Gasteiger partial charge is 0.484 e. The van der Waals surface area contributed by atoms with Crippen LogP contribution < -0.4 is 10.1 Å². The maximum absolute atomic E-state index is 12.1. The predicted molar refractivity (Wildman–Crippen MR) is 107 cm³/mol. The number of carbonyl (C=O) groups excluding carboxylic acids is 2. The van der Waals surface area contributed by atoms with Gasteiger partial charge in [-0.1, -0.05) is 42.5 Å². The van der Waals surface area contributed by atoms with Crippen LogP contribution in [-0.4, -0.2) is 49.2 Å². The Morgan fingerprint density at radius 2 is 1.64 bits per heavy atom. The molecule has 2 aromatic rings. The summed E-state index contributed by atoms with van der Waals surface area (Å²) in [6.07, 6.45) is 1.15. The van der Waals surface area contributed by atoms with Crippen molar-refractivity contribution >= 4 is 12.0 Å². The number of piperidine rings is 1. The molecule has 1 fully saturated rings. The third kappa shape index (κ3) is 5.49. The molecule has 0 spiro atoms. The van der Waals surface area contributed by atoms with Gasteiger partial charge >= 0.3 is 6.09 Å². The molecule has 2 amide bonds.